The maximum atomic E-state index is 12.3. The number of carbonyl (C=O) groups excluding carboxylic acids is 2. The molecule has 0 saturated carbocycles. The number of halogens is 1. The summed E-state index contributed by atoms with van der Waals surface area (Å²) in [6.45, 7) is 0. The molecule has 1 aliphatic rings. The Morgan fingerprint density at radius 1 is 1.26 bits per heavy atom. The molecule has 1 aromatic carbocycles. The Kier molecular flexibility index (Phi) is 3.99. The molecular weight excluding hydrogens is 314 g/mol. The Bertz CT molecular complexity index is 526. The van der Waals surface area contributed by atoms with Crippen molar-refractivity contribution in [3.05, 3.63) is 34.3 Å². The molecule has 100 valence electrons. The molecule has 0 aromatic heterocycles. The molecule has 1 N–H and O–H groups in total. The smallest absolute Gasteiger partial charge is 0.326 e. The highest BCUT2D eigenvalue weighted by Crippen LogP contribution is 2.22. The lowest BCUT2D eigenvalue weighted by Gasteiger charge is -2.31. The average Bonchev–Trinajstić information content (AvgIpc) is 2.38. The van der Waals surface area contributed by atoms with E-state index in [9.17, 15) is 14.4 Å². The van der Waals surface area contributed by atoms with Crippen LogP contribution in [0.1, 0.15) is 29.6 Å². The fourth-order valence-corrected chi connectivity index (χ4v) is 2.35. The minimum atomic E-state index is -1.14. The lowest BCUT2D eigenvalue weighted by Crippen LogP contribution is -2.51. The molecular formula is C13H12BrNO4. The summed E-state index contributed by atoms with van der Waals surface area (Å²) < 4.78 is 0.809. The van der Waals surface area contributed by atoms with Crippen molar-refractivity contribution in [1.82, 2.24) is 4.90 Å². The van der Waals surface area contributed by atoms with Crippen LogP contribution in [0.15, 0.2) is 28.7 Å². The highest BCUT2D eigenvalue weighted by atomic mass is 79.9. The molecule has 1 atom stereocenters. The van der Waals surface area contributed by atoms with Gasteiger partial charge in [-0.25, -0.2) is 4.79 Å². The van der Waals surface area contributed by atoms with E-state index in [1.165, 1.54) is 0 Å². The second-order valence-electron chi connectivity index (χ2n) is 4.32. The number of hydrogen-bond donors (Lipinski definition) is 1. The van der Waals surface area contributed by atoms with Crippen molar-refractivity contribution in [3.63, 3.8) is 0 Å². The maximum Gasteiger partial charge on any atom is 0.326 e. The third-order valence-electron chi connectivity index (χ3n) is 3.04. The summed E-state index contributed by atoms with van der Waals surface area (Å²) in [6.07, 6.45) is 1.02. The Labute approximate surface area is 118 Å². The molecule has 1 unspecified atom stereocenters. The fraction of sp³-hybridized carbons (Fsp3) is 0.308. The number of amides is 2. The number of carboxylic acid groups (broad SMARTS) is 1. The van der Waals surface area contributed by atoms with Crippen LogP contribution in [0.4, 0.5) is 0 Å². The second kappa shape index (κ2) is 5.52. The van der Waals surface area contributed by atoms with E-state index in [0.717, 1.165) is 9.37 Å². The molecule has 0 bridgehead atoms. The summed E-state index contributed by atoms with van der Waals surface area (Å²) in [4.78, 5) is 36.1. The maximum absolute atomic E-state index is 12.3. The number of rotatable bonds is 2. The van der Waals surface area contributed by atoms with Crippen LogP contribution < -0.4 is 0 Å². The molecule has 1 aliphatic heterocycles. The topological polar surface area (TPSA) is 74.7 Å². The first-order chi connectivity index (χ1) is 9.00. The van der Waals surface area contributed by atoms with Gasteiger partial charge in [-0.3, -0.25) is 14.5 Å². The van der Waals surface area contributed by atoms with Gasteiger partial charge in [-0.1, -0.05) is 15.9 Å². The quantitative estimate of drug-likeness (QED) is 0.844. The summed E-state index contributed by atoms with van der Waals surface area (Å²) in [5, 5.41) is 9.11. The van der Waals surface area contributed by atoms with Gasteiger partial charge in [-0.2, -0.15) is 0 Å². The number of piperidine rings is 1. The highest BCUT2D eigenvalue weighted by Gasteiger charge is 2.37. The van der Waals surface area contributed by atoms with Crippen LogP contribution in [0.2, 0.25) is 0 Å². The zero-order valence-electron chi connectivity index (χ0n) is 10.0. The summed E-state index contributed by atoms with van der Waals surface area (Å²) in [5.74, 6) is -2.12. The van der Waals surface area contributed by atoms with Crippen molar-refractivity contribution in [2.45, 2.75) is 25.3 Å². The van der Waals surface area contributed by atoms with Crippen molar-refractivity contribution in [2.24, 2.45) is 0 Å². The Balaban J connectivity index is 2.30. The lowest BCUT2D eigenvalue weighted by atomic mass is 10.0. The lowest BCUT2D eigenvalue weighted by molar-refractivity contribution is -0.150. The first kappa shape index (κ1) is 13.7. The number of benzene rings is 1. The molecule has 0 spiro atoms. The third kappa shape index (κ3) is 2.84. The molecule has 5 nitrogen and oxygen atoms in total. The molecule has 2 amide bonds. The zero-order chi connectivity index (χ0) is 14.0. The van der Waals surface area contributed by atoms with E-state index in [0.29, 0.717) is 18.4 Å². The van der Waals surface area contributed by atoms with E-state index in [2.05, 4.69) is 15.9 Å². The number of likely N-dealkylation sites (tertiary alicyclic amines) is 1. The SMILES string of the molecule is O=C(O)C1CCCC(=O)N1C(=O)c1ccc(Br)cc1. The number of aliphatic carboxylic acids is 1. The minimum absolute atomic E-state index is 0.214. The zero-order valence-corrected chi connectivity index (χ0v) is 11.6. The molecule has 2 rings (SSSR count). The van der Waals surface area contributed by atoms with E-state index in [1.54, 1.807) is 24.3 Å². The second-order valence-corrected chi connectivity index (χ2v) is 5.24. The van der Waals surface area contributed by atoms with Gasteiger partial charge >= 0.3 is 5.97 Å². The first-order valence-corrected chi connectivity index (χ1v) is 6.65. The number of nitrogens with zero attached hydrogens (tertiary/aromatic N) is 1. The number of hydrogen-bond acceptors (Lipinski definition) is 3. The van der Waals surface area contributed by atoms with Crippen LogP contribution in [-0.4, -0.2) is 33.8 Å². The van der Waals surface area contributed by atoms with Crippen molar-refractivity contribution >= 4 is 33.7 Å². The van der Waals surface area contributed by atoms with E-state index >= 15 is 0 Å². The first-order valence-electron chi connectivity index (χ1n) is 5.85. The molecule has 19 heavy (non-hydrogen) atoms. The van der Waals surface area contributed by atoms with Crippen molar-refractivity contribution < 1.29 is 19.5 Å². The molecule has 0 aliphatic carbocycles. The number of carboxylic acids is 1. The number of imide groups is 1. The molecule has 1 heterocycles. The third-order valence-corrected chi connectivity index (χ3v) is 3.57. The molecule has 1 fully saturated rings. The van der Waals surface area contributed by atoms with E-state index < -0.39 is 23.8 Å². The molecule has 0 radical (unpaired) electrons. The summed E-state index contributed by atoms with van der Waals surface area (Å²) >= 11 is 3.25. The predicted octanol–water partition coefficient (Wildman–Crippen LogP) is 2.06. The largest absolute Gasteiger partial charge is 0.480 e. The van der Waals surface area contributed by atoms with Gasteiger partial charge in [0.15, 0.2) is 0 Å². The molecule has 6 heteroatoms. The van der Waals surface area contributed by atoms with E-state index in [4.69, 9.17) is 5.11 Å². The van der Waals surface area contributed by atoms with Gasteiger partial charge in [-0.15, -0.1) is 0 Å². The van der Waals surface area contributed by atoms with Gasteiger partial charge in [0, 0.05) is 16.5 Å². The van der Waals surface area contributed by atoms with Crippen LogP contribution in [0.5, 0.6) is 0 Å². The van der Waals surface area contributed by atoms with Gasteiger partial charge in [0.25, 0.3) is 5.91 Å². The van der Waals surface area contributed by atoms with E-state index in [-0.39, 0.29) is 6.42 Å². The summed E-state index contributed by atoms with van der Waals surface area (Å²) in [5.41, 5.74) is 0.310. The van der Waals surface area contributed by atoms with Crippen LogP contribution >= 0.6 is 15.9 Å². The fourth-order valence-electron chi connectivity index (χ4n) is 2.09. The van der Waals surface area contributed by atoms with Crippen molar-refractivity contribution in [3.8, 4) is 0 Å². The Morgan fingerprint density at radius 2 is 1.89 bits per heavy atom. The Morgan fingerprint density at radius 3 is 2.47 bits per heavy atom. The van der Waals surface area contributed by atoms with Gasteiger partial charge in [0.1, 0.15) is 6.04 Å². The average molecular weight is 326 g/mol. The number of carbonyl (C=O) groups is 3. The minimum Gasteiger partial charge on any atom is -0.480 e. The van der Waals surface area contributed by atoms with Gasteiger partial charge < -0.3 is 5.11 Å². The molecule has 1 aromatic rings. The van der Waals surface area contributed by atoms with Crippen LogP contribution in [-0.2, 0) is 9.59 Å². The van der Waals surface area contributed by atoms with Crippen molar-refractivity contribution in [1.29, 1.82) is 0 Å². The van der Waals surface area contributed by atoms with Crippen molar-refractivity contribution in [2.75, 3.05) is 0 Å². The highest BCUT2D eigenvalue weighted by molar-refractivity contribution is 9.10. The van der Waals surface area contributed by atoms with Crippen LogP contribution in [0, 0.1) is 0 Å². The van der Waals surface area contributed by atoms with Gasteiger partial charge in [0.05, 0.1) is 0 Å². The predicted molar refractivity (Wildman–Crippen MR) is 70.6 cm³/mol. The van der Waals surface area contributed by atoms with Gasteiger partial charge in [-0.05, 0) is 37.1 Å². The van der Waals surface area contributed by atoms with E-state index in [1.807, 2.05) is 0 Å². The summed E-state index contributed by atoms with van der Waals surface area (Å²) in [7, 11) is 0. The molecule has 1 saturated heterocycles. The van der Waals surface area contributed by atoms with Crippen LogP contribution in [0.3, 0.4) is 0 Å². The van der Waals surface area contributed by atoms with Gasteiger partial charge in [0.2, 0.25) is 5.91 Å². The van der Waals surface area contributed by atoms with Crippen LogP contribution in [0.25, 0.3) is 0 Å². The summed E-state index contributed by atoms with van der Waals surface area (Å²) in [6, 6.07) is 5.42. The standard InChI is InChI=1S/C13H12BrNO4/c14-9-6-4-8(5-7-9)12(17)15-10(13(18)19)2-1-3-11(15)16/h4-7,10H,1-3H2,(H,18,19). The normalized spacial score (nSPS) is 19.3. The Hall–Kier alpha value is -1.69. The monoisotopic (exact) mass is 325 g/mol.